The Morgan fingerprint density at radius 2 is 1.38 bits per heavy atom. The molecule has 4 heteroatoms. The third-order valence-electron chi connectivity index (χ3n) is 1.65. The van der Waals surface area contributed by atoms with Gasteiger partial charge in [0.05, 0.1) is 12.2 Å². The molecule has 0 fully saturated rings. The molecule has 0 amide bonds. The molecule has 0 aliphatic heterocycles. The molecule has 1 rings (SSSR count). The van der Waals surface area contributed by atoms with Crippen molar-refractivity contribution < 1.29 is 9.05 Å². The molecule has 0 spiro atoms. The standard InChI is InChI=1S/C12H18ClO2P/c1-9(2)14-16(15-10(3)4)12-7-5-11(13)6-8-12/h5-10H,1-4H3. The fourth-order valence-corrected chi connectivity index (χ4v) is 2.67. The van der Waals surface area contributed by atoms with Crippen molar-refractivity contribution in [2.75, 3.05) is 0 Å². The third kappa shape index (κ3) is 4.80. The van der Waals surface area contributed by atoms with Crippen LogP contribution in [0.5, 0.6) is 0 Å². The van der Waals surface area contributed by atoms with E-state index in [9.17, 15) is 0 Å². The number of hydrogen-bond acceptors (Lipinski definition) is 2. The van der Waals surface area contributed by atoms with Gasteiger partial charge in [-0.3, -0.25) is 0 Å². The van der Waals surface area contributed by atoms with E-state index in [0.717, 1.165) is 10.3 Å². The van der Waals surface area contributed by atoms with Crippen LogP contribution in [-0.4, -0.2) is 12.2 Å². The van der Waals surface area contributed by atoms with Gasteiger partial charge >= 0.3 is 0 Å². The summed E-state index contributed by atoms with van der Waals surface area (Å²) in [5.74, 6) is 0. The Hall–Kier alpha value is -0.140. The van der Waals surface area contributed by atoms with Crippen LogP contribution in [0.1, 0.15) is 27.7 Å². The zero-order valence-electron chi connectivity index (χ0n) is 10.1. The first-order chi connectivity index (χ1) is 7.49. The van der Waals surface area contributed by atoms with Crippen molar-refractivity contribution in [1.82, 2.24) is 0 Å². The molecule has 0 aromatic heterocycles. The van der Waals surface area contributed by atoms with Gasteiger partial charge in [0.15, 0.2) is 0 Å². The highest BCUT2D eigenvalue weighted by atomic mass is 35.5. The normalized spacial score (nSPS) is 11.8. The number of rotatable bonds is 5. The van der Waals surface area contributed by atoms with Crippen molar-refractivity contribution in [2.45, 2.75) is 39.9 Å². The van der Waals surface area contributed by atoms with E-state index in [1.807, 2.05) is 52.0 Å². The molecule has 90 valence electrons. The Morgan fingerprint density at radius 3 is 1.75 bits per heavy atom. The minimum atomic E-state index is -1.01. The van der Waals surface area contributed by atoms with Gasteiger partial charge in [0.25, 0.3) is 0 Å². The van der Waals surface area contributed by atoms with Gasteiger partial charge in [-0.1, -0.05) is 11.6 Å². The molecule has 0 aliphatic carbocycles. The first-order valence-corrected chi connectivity index (χ1v) is 6.94. The molecule has 2 nitrogen and oxygen atoms in total. The zero-order valence-corrected chi connectivity index (χ0v) is 11.8. The molecule has 0 atom stereocenters. The van der Waals surface area contributed by atoms with Crippen LogP contribution in [0.25, 0.3) is 0 Å². The monoisotopic (exact) mass is 260 g/mol. The van der Waals surface area contributed by atoms with Crippen molar-refractivity contribution in [2.24, 2.45) is 0 Å². The van der Waals surface area contributed by atoms with Crippen LogP contribution in [0.2, 0.25) is 5.02 Å². The molecule has 1 aromatic rings. The Labute approximate surface area is 104 Å². The van der Waals surface area contributed by atoms with Crippen LogP contribution in [0.15, 0.2) is 24.3 Å². The van der Waals surface area contributed by atoms with Gasteiger partial charge in [-0.05, 0) is 52.0 Å². The molecule has 0 saturated carbocycles. The average molecular weight is 261 g/mol. The zero-order chi connectivity index (χ0) is 12.1. The SMILES string of the molecule is CC(C)OP(OC(C)C)c1ccc(Cl)cc1. The Kier molecular flexibility index (Phi) is 5.71. The van der Waals surface area contributed by atoms with Gasteiger partial charge < -0.3 is 9.05 Å². The van der Waals surface area contributed by atoms with Crippen molar-refractivity contribution in [3.05, 3.63) is 29.3 Å². The number of benzene rings is 1. The molecular formula is C12H18ClO2P. The Bertz CT molecular complexity index is 301. The summed E-state index contributed by atoms with van der Waals surface area (Å²) < 4.78 is 11.6. The minimum absolute atomic E-state index is 0.153. The van der Waals surface area contributed by atoms with Crippen LogP contribution < -0.4 is 5.30 Å². The fourth-order valence-electron chi connectivity index (χ4n) is 1.09. The van der Waals surface area contributed by atoms with Gasteiger partial charge in [0.1, 0.15) is 0 Å². The number of halogens is 1. The molecule has 0 unspecified atom stereocenters. The predicted molar refractivity (Wildman–Crippen MR) is 70.4 cm³/mol. The van der Waals surface area contributed by atoms with E-state index in [1.54, 1.807) is 0 Å². The molecule has 0 radical (unpaired) electrons. The molecule has 0 N–H and O–H groups in total. The lowest BCUT2D eigenvalue weighted by atomic mass is 10.4. The van der Waals surface area contributed by atoms with Crippen LogP contribution >= 0.6 is 20.0 Å². The topological polar surface area (TPSA) is 18.5 Å². The van der Waals surface area contributed by atoms with Crippen LogP contribution in [0.4, 0.5) is 0 Å². The van der Waals surface area contributed by atoms with E-state index < -0.39 is 8.38 Å². The largest absolute Gasteiger partial charge is 0.328 e. The quantitative estimate of drug-likeness (QED) is 0.741. The number of hydrogen-bond donors (Lipinski definition) is 0. The highest BCUT2D eigenvalue weighted by molar-refractivity contribution is 7.56. The van der Waals surface area contributed by atoms with E-state index in [1.165, 1.54) is 0 Å². The maximum absolute atomic E-state index is 5.85. The van der Waals surface area contributed by atoms with Crippen molar-refractivity contribution >= 4 is 25.3 Å². The summed E-state index contributed by atoms with van der Waals surface area (Å²) in [7, 11) is -1.01. The summed E-state index contributed by atoms with van der Waals surface area (Å²) >= 11 is 5.85. The first kappa shape index (κ1) is 13.9. The third-order valence-corrected chi connectivity index (χ3v) is 3.85. The van der Waals surface area contributed by atoms with E-state index in [0.29, 0.717) is 0 Å². The second kappa shape index (κ2) is 6.56. The second-order valence-corrected chi connectivity index (χ2v) is 5.93. The van der Waals surface area contributed by atoms with Crippen molar-refractivity contribution in [3.8, 4) is 0 Å². The van der Waals surface area contributed by atoms with Crippen molar-refractivity contribution in [3.63, 3.8) is 0 Å². The van der Waals surface area contributed by atoms with E-state index in [4.69, 9.17) is 20.6 Å². The summed E-state index contributed by atoms with van der Waals surface area (Å²) in [6.45, 7) is 8.04. The molecule has 0 heterocycles. The molecule has 1 aromatic carbocycles. The smallest absolute Gasteiger partial charge is 0.205 e. The fraction of sp³-hybridized carbons (Fsp3) is 0.500. The van der Waals surface area contributed by atoms with Crippen LogP contribution in [-0.2, 0) is 9.05 Å². The Balaban J connectivity index is 2.78. The highest BCUT2D eigenvalue weighted by Gasteiger charge is 2.17. The lowest BCUT2D eigenvalue weighted by molar-refractivity contribution is 0.183. The molecule has 0 bridgehead atoms. The van der Waals surface area contributed by atoms with Gasteiger partial charge in [-0.2, -0.15) is 0 Å². The molecule has 16 heavy (non-hydrogen) atoms. The van der Waals surface area contributed by atoms with Crippen LogP contribution in [0.3, 0.4) is 0 Å². The van der Waals surface area contributed by atoms with E-state index >= 15 is 0 Å². The Morgan fingerprint density at radius 1 is 0.938 bits per heavy atom. The lowest BCUT2D eigenvalue weighted by Crippen LogP contribution is -2.12. The second-order valence-electron chi connectivity index (χ2n) is 4.04. The first-order valence-electron chi connectivity index (χ1n) is 5.38. The summed E-state index contributed by atoms with van der Waals surface area (Å²) in [4.78, 5) is 0. The molecule has 0 aliphatic rings. The molecular weight excluding hydrogens is 243 g/mol. The lowest BCUT2D eigenvalue weighted by Gasteiger charge is -2.21. The van der Waals surface area contributed by atoms with Gasteiger partial charge in [0, 0.05) is 10.3 Å². The maximum atomic E-state index is 5.85. The summed E-state index contributed by atoms with van der Waals surface area (Å²) in [5, 5.41) is 1.79. The van der Waals surface area contributed by atoms with Gasteiger partial charge in [0.2, 0.25) is 8.38 Å². The summed E-state index contributed by atoms with van der Waals surface area (Å²) in [6.07, 6.45) is 0.307. The van der Waals surface area contributed by atoms with Crippen molar-refractivity contribution in [1.29, 1.82) is 0 Å². The van der Waals surface area contributed by atoms with E-state index in [2.05, 4.69) is 0 Å². The minimum Gasteiger partial charge on any atom is -0.328 e. The molecule has 0 saturated heterocycles. The summed E-state index contributed by atoms with van der Waals surface area (Å²) in [6, 6.07) is 7.64. The maximum Gasteiger partial charge on any atom is 0.205 e. The highest BCUT2D eigenvalue weighted by Crippen LogP contribution is 2.40. The van der Waals surface area contributed by atoms with Crippen LogP contribution in [0, 0.1) is 0 Å². The predicted octanol–water partition coefficient (Wildman–Crippen LogP) is 4.13. The van der Waals surface area contributed by atoms with E-state index in [-0.39, 0.29) is 12.2 Å². The average Bonchev–Trinajstić information content (AvgIpc) is 2.16. The van der Waals surface area contributed by atoms with Gasteiger partial charge in [-0.25, -0.2) is 0 Å². The van der Waals surface area contributed by atoms with Gasteiger partial charge in [-0.15, -0.1) is 0 Å². The summed E-state index contributed by atoms with van der Waals surface area (Å²) in [5.41, 5.74) is 0.